The van der Waals surface area contributed by atoms with E-state index >= 15 is 0 Å². The lowest BCUT2D eigenvalue weighted by Crippen LogP contribution is -2.49. The van der Waals surface area contributed by atoms with Gasteiger partial charge in [0, 0.05) is 12.6 Å². The molecule has 1 aromatic rings. The van der Waals surface area contributed by atoms with Crippen molar-refractivity contribution in [2.75, 3.05) is 20.1 Å². The molecular formula is C14H22N2O2S. The van der Waals surface area contributed by atoms with Crippen molar-refractivity contribution in [1.29, 1.82) is 0 Å². The van der Waals surface area contributed by atoms with Crippen LogP contribution in [0, 0.1) is 5.92 Å². The highest BCUT2D eigenvalue weighted by Gasteiger charge is 2.27. The number of piperidine rings is 1. The standard InChI is InChI=1S/C14H22N2O2S/c1-12-10-16(2)9-8-14(12)15-19(17,18)11-13-6-4-3-5-7-13/h3-7,12,14-15H,8-11H2,1-2H3/t12-,14+/m0/s1. The van der Waals surface area contributed by atoms with Gasteiger partial charge in [-0.3, -0.25) is 0 Å². The van der Waals surface area contributed by atoms with Crippen molar-refractivity contribution in [3.63, 3.8) is 0 Å². The number of hydrogen-bond acceptors (Lipinski definition) is 3. The van der Waals surface area contributed by atoms with Gasteiger partial charge in [-0.25, -0.2) is 13.1 Å². The van der Waals surface area contributed by atoms with Gasteiger partial charge in [0.05, 0.1) is 5.75 Å². The number of likely N-dealkylation sites (tertiary alicyclic amines) is 1. The predicted molar refractivity (Wildman–Crippen MR) is 77.3 cm³/mol. The number of nitrogens with one attached hydrogen (secondary N) is 1. The smallest absolute Gasteiger partial charge is 0.216 e. The molecule has 2 rings (SSSR count). The van der Waals surface area contributed by atoms with Crippen molar-refractivity contribution in [3.05, 3.63) is 35.9 Å². The fourth-order valence-corrected chi connectivity index (χ4v) is 4.12. The third kappa shape index (κ3) is 4.30. The van der Waals surface area contributed by atoms with Crippen molar-refractivity contribution in [2.45, 2.75) is 25.1 Å². The van der Waals surface area contributed by atoms with Crippen LogP contribution in [0.3, 0.4) is 0 Å². The van der Waals surface area contributed by atoms with E-state index in [1.54, 1.807) is 0 Å². The maximum Gasteiger partial charge on any atom is 0.216 e. The van der Waals surface area contributed by atoms with Crippen LogP contribution in [0.4, 0.5) is 0 Å². The first-order valence-corrected chi connectivity index (χ1v) is 8.34. The second-order valence-corrected chi connectivity index (χ2v) is 7.25. The van der Waals surface area contributed by atoms with Crippen molar-refractivity contribution in [3.8, 4) is 0 Å². The maximum absolute atomic E-state index is 12.2. The molecule has 0 aliphatic carbocycles. The van der Waals surface area contributed by atoms with Gasteiger partial charge in [-0.15, -0.1) is 0 Å². The molecule has 1 saturated heterocycles. The number of nitrogens with zero attached hydrogens (tertiary/aromatic N) is 1. The first-order valence-electron chi connectivity index (χ1n) is 6.69. The first-order chi connectivity index (χ1) is 8.96. The highest BCUT2D eigenvalue weighted by Crippen LogP contribution is 2.17. The molecule has 5 heteroatoms. The summed E-state index contributed by atoms with van der Waals surface area (Å²) in [6, 6.07) is 9.37. The highest BCUT2D eigenvalue weighted by molar-refractivity contribution is 7.88. The van der Waals surface area contributed by atoms with Gasteiger partial charge in [-0.05, 0) is 31.5 Å². The van der Waals surface area contributed by atoms with Gasteiger partial charge in [0.2, 0.25) is 10.0 Å². The van der Waals surface area contributed by atoms with Crippen molar-refractivity contribution >= 4 is 10.0 Å². The summed E-state index contributed by atoms with van der Waals surface area (Å²) in [5.41, 5.74) is 0.829. The zero-order valence-corrected chi connectivity index (χ0v) is 12.4. The molecule has 19 heavy (non-hydrogen) atoms. The maximum atomic E-state index is 12.2. The minimum Gasteiger partial charge on any atom is -0.306 e. The Kier molecular flexibility index (Phi) is 4.60. The molecule has 0 radical (unpaired) electrons. The summed E-state index contributed by atoms with van der Waals surface area (Å²) in [7, 11) is -1.18. The third-order valence-electron chi connectivity index (χ3n) is 3.64. The van der Waals surface area contributed by atoms with Gasteiger partial charge in [0.15, 0.2) is 0 Å². The van der Waals surface area contributed by atoms with Gasteiger partial charge in [-0.1, -0.05) is 37.3 Å². The van der Waals surface area contributed by atoms with Crippen LogP contribution >= 0.6 is 0 Å². The molecule has 106 valence electrons. The zero-order chi connectivity index (χ0) is 13.9. The van der Waals surface area contributed by atoms with Crippen LogP contribution in [-0.2, 0) is 15.8 Å². The van der Waals surface area contributed by atoms with E-state index in [0.717, 1.165) is 25.1 Å². The van der Waals surface area contributed by atoms with Crippen molar-refractivity contribution in [2.24, 2.45) is 5.92 Å². The van der Waals surface area contributed by atoms with E-state index in [0.29, 0.717) is 5.92 Å². The number of benzene rings is 1. The number of hydrogen-bond donors (Lipinski definition) is 1. The summed E-state index contributed by atoms with van der Waals surface area (Å²) in [6.07, 6.45) is 0.881. The minimum absolute atomic E-state index is 0.0601. The normalized spacial score (nSPS) is 25.4. The Morgan fingerprint density at radius 1 is 1.32 bits per heavy atom. The van der Waals surface area contributed by atoms with E-state index in [1.807, 2.05) is 30.3 Å². The molecule has 0 bridgehead atoms. The summed E-state index contributed by atoms with van der Waals surface area (Å²) in [5.74, 6) is 0.414. The lowest BCUT2D eigenvalue weighted by molar-refractivity contribution is 0.188. The van der Waals surface area contributed by atoms with Crippen LogP contribution in [0.25, 0.3) is 0 Å². The van der Waals surface area contributed by atoms with Crippen LogP contribution < -0.4 is 4.72 Å². The van der Waals surface area contributed by atoms with E-state index in [9.17, 15) is 8.42 Å². The number of sulfonamides is 1. The van der Waals surface area contributed by atoms with E-state index < -0.39 is 10.0 Å². The third-order valence-corrected chi connectivity index (χ3v) is 5.01. The molecule has 0 aromatic heterocycles. The molecule has 4 nitrogen and oxygen atoms in total. The second kappa shape index (κ2) is 6.03. The fraction of sp³-hybridized carbons (Fsp3) is 0.571. The summed E-state index contributed by atoms with van der Waals surface area (Å²) in [6.45, 7) is 3.99. The molecule has 1 aliphatic rings. The quantitative estimate of drug-likeness (QED) is 0.909. The summed E-state index contributed by atoms with van der Waals surface area (Å²) < 4.78 is 27.2. The Labute approximate surface area is 115 Å². The van der Waals surface area contributed by atoms with E-state index in [-0.39, 0.29) is 11.8 Å². The molecular weight excluding hydrogens is 260 g/mol. The average molecular weight is 282 g/mol. The molecule has 0 unspecified atom stereocenters. The molecule has 1 N–H and O–H groups in total. The average Bonchev–Trinajstić information content (AvgIpc) is 2.33. The topological polar surface area (TPSA) is 49.4 Å². The largest absolute Gasteiger partial charge is 0.306 e. The van der Waals surface area contributed by atoms with E-state index in [4.69, 9.17) is 0 Å². The highest BCUT2D eigenvalue weighted by atomic mass is 32.2. The van der Waals surface area contributed by atoms with Crippen molar-refractivity contribution in [1.82, 2.24) is 9.62 Å². The molecule has 1 aromatic carbocycles. The van der Waals surface area contributed by atoms with Gasteiger partial charge < -0.3 is 4.90 Å². The summed E-state index contributed by atoms with van der Waals surface area (Å²) in [4.78, 5) is 2.24. The Morgan fingerprint density at radius 3 is 2.63 bits per heavy atom. The van der Waals surface area contributed by atoms with Crippen LogP contribution in [0.2, 0.25) is 0 Å². The Bertz CT molecular complexity index is 501. The Balaban J connectivity index is 1.98. The molecule has 1 heterocycles. The van der Waals surface area contributed by atoms with Gasteiger partial charge in [0.1, 0.15) is 0 Å². The van der Waals surface area contributed by atoms with Gasteiger partial charge in [-0.2, -0.15) is 0 Å². The molecule has 1 fully saturated rings. The lowest BCUT2D eigenvalue weighted by Gasteiger charge is -2.34. The van der Waals surface area contributed by atoms with Crippen LogP contribution in [0.1, 0.15) is 18.9 Å². The predicted octanol–water partition coefficient (Wildman–Crippen LogP) is 1.45. The van der Waals surface area contributed by atoms with Gasteiger partial charge in [0.25, 0.3) is 0 Å². The Hall–Kier alpha value is -0.910. The van der Waals surface area contributed by atoms with E-state index in [2.05, 4.69) is 23.6 Å². The van der Waals surface area contributed by atoms with Crippen LogP contribution in [0.15, 0.2) is 30.3 Å². The van der Waals surface area contributed by atoms with Crippen LogP contribution in [-0.4, -0.2) is 39.5 Å². The molecule has 2 atom stereocenters. The molecule has 0 saturated carbocycles. The lowest BCUT2D eigenvalue weighted by atomic mass is 9.95. The second-order valence-electron chi connectivity index (χ2n) is 5.50. The van der Waals surface area contributed by atoms with Crippen molar-refractivity contribution < 1.29 is 8.42 Å². The fourth-order valence-electron chi connectivity index (χ4n) is 2.60. The monoisotopic (exact) mass is 282 g/mol. The summed E-state index contributed by atoms with van der Waals surface area (Å²) >= 11 is 0. The Morgan fingerprint density at radius 2 is 2.00 bits per heavy atom. The molecule has 0 amide bonds. The number of rotatable bonds is 4. The van der Waals surface area contributed by atoms with Gasteiger partial charge >= 0.3 is 0 Å². The first kappa shape index (κ1) is 14.5. The molecule has 1 aliphatic heterocycles. The molecule has 0 spiro atoms. The van der Waals surface area contributed by atoms with E-state index in [1.165, 1.54) is 0 Å². The minimum atomic E-state index is -3.25. The summed E-state index contributed by atoms with van der Waals surface area (Å²) in [5, 5.41) is 0. The zero-order valence-electron chi connectivity index (χ0n) is 11.5. The van der Waals surface area contributed by atoms with Crippen LogP contribution in [0.5, 0.6) is 0 Å². The SMILES string of the molecule is C[C@H]1CN(C)CC[C@H]1NS(=O)(=O)Cc1ccccc1.